The molecule has 0 aliphatic heterocycles. The number of carbonyl (C=O) groups is 1. The second-order valence-electron chi connectivity index (χ2n) is 4.69. The van der Waals surface area contributed by atoms with Crippen molar-refractivity contribution < 1.29 is 19.0 Å². The number of hydrogen-bond acceptors (Lipinski definition) is 3. The van der Waals surface area contributed by atoms with Crippen LogP contribution in [0.3, 0.4) is 0 Å². The van der Waals surface area contributed by atoms with Gasteiger partial charge in [0.15, 0.2) is 0 Å². The minimum absolute atomic E-state index is 0.128. The van der Waals surface area contributed by atoms with Gasteiger partial charge in [0.25, 0.3) is 0 Å². The van der Waals surface area contributed by atoms with Crippen LogP contribution >= 0.6 is 0 Å². The summed E-state index contributed by atoms with van der Waals surface area (Å²) in [5, 5.41) is 9.22. The van der Waals surface area contributed by atoms with Crippen molar-refractivity contribution in [2.24, 2.45) is 5.92 Å². The summed E-state index contributed by atoms with van der Waals surface area (Å²) >= 11 is 0. The van der Waals surface area contributed by atoms with Crippen molar-refractivity contribution >= 4 is 16.9 Å². The average molecular weight is 261 g/mol. The Hall–Kier alpha value is -2.17. The molecule has 98 valence electrons. The summed E-state index contributed by atoms with van der Waals surface area (Å²) in [7, 11) is 0. The van der Waals surface area contributed by atoms with Gasteiger partial charge in [-0.3, -0.25) is 9.78 Å². The Balaban J connectivity index is 1.83. The monoisotopic (exact) mass is 261 g/mol. The van der Waals surface area contributed by atoms with Crippen molar-refractivity contribution in [2.45, 2.75) is 18.9 Å². The summed E-state index contributed by atoms with van der Waals surface area (Å²) in [5.74, 6) is -0.954. The Morgan fingerprint density at radius 1 is 1.37 bits per heavy atom. The van der Waals surface area contributed by atoms with Gasteiger partial charge in [0.2, 0.25) is 0 Å². The molecule has 2 aromatic rings. The zero-order chi connectivity index (χ0) is 13.4. The van der Waals surface area contributed by atoms with Crippen molar-refractivity contribution in [1.29, 1.82) is 0 Å². The molecule has 0 spiro atoms. The highest BCUT2D eigenvalue weighted by Crippen LogP contribution is 2.34. The molecule has 0 atom stereocenters. The Morgan fingerprint density at radius 3 is 2.89 bits per heavy atom. The van der Waals surface area contributed by atoms with Gasteiger partial charge in [-0.1, -0.05) is 0 Å². The highest BCUT2D eigenvalue weighted by Gasteiger charge is 2.36. The van der Waals surface area contributed by atoms with Gasteiger partial charge in [0, 0.05) is 11.6 Å². The van der Waals surface area contributed by atoms with Crippen molar-refractivity contribution in [3.63, 3.8) is 0 Å². The van der Waals surface area contributed by atoms with E-state index in [1.165, 1.54) is 6.07 Å². The number of rotatable bonds is 3. The van der Waals surface area contributed by atoms with E-state index in [1.54, 1.807) is 24.4 Å². The molecule has 1 aliphatic carbocycles. The minimum Gasteiger partial charge on any atom is -0.488 e. The summed E-state index contributed by atoms with van der Waals surface area (Å²) in [5.41, 5.74) is 0.473. The first-order chi connectivity index (χ1) is 9.15. The molecule has 0 unspecified atom stereocenters. The van der Waals surface area contributed by atoms with Crippen molar-refractivity contribution in [3.8, 4) is 5.75 Å². The van der Waals surface area contributed by atoms with Crippen LogP contribution < -0.4 is 4.74 Å². The smallest absolute Gasteiger partial charge is 0.306 e. The zero-order valence-corrected chi connectivity index (χ0v) is 10.0. The van der Waals surface area contributed by atoms with E-state index in [-0.39, 0.29) is 17.8 Å². The molecule has 0 radical (unpaired) electrons. The maximum Gasteiger partial charge on any atom is 0.306 e. The summed E-state index contributed by atoms with van der Waals surface area (Å²) in [6.07, 6.45) is 2.43. The summed E-state index contributed by atoms with van der Waals surface area (Å²) in [6.45, 7) is 0. The SMILES string of the molecule is O=C(O)C1CC(Oc2ccc(F)c3cccnc23)C1. The number of carboxylic acids is 1. The van der Waals surface area contributed by atoms with Gasteiger partial charge >= 0.3 is 5.97 Å². The third-order valence-corrected chi connectivity index (χ3v) is 3.42. The Bertz CT molecular complexity index is 638. The van der Waals surface area contributed by atoms with E-state index in [2.05, 4.69) is 4.98 Å². The van der Waals surface area contributed by atoms with Crippen LogP contribution in [-0.4, -0.2) is 22.2 Å². The number of halogens is 1. The number of nitrogens with zero attached hydrogens (tertiary/aromatic N) is 1. The first kappa shape index (κ1) is 11.9. The lowest BCUT2D eigenvalue weighted by Gasteiger charge is -2.32. The normalized spacial score (nSPS) is 21.9. The molecule has 1 heterocycles. The number of hydrogen-bond donors (Lipinski definition) is 1. The lowest BCUT2D eigenvalue weighted by Crippen LogP contribution is -2.38. The van der Waals surface area contributed by atoms with Crippen molar-refractivity contribution in [1.82, 2.24) is 4.98 Å². The van der Waals surface area contributed by atoms with Crippen LogP contribution in [0.2, 0.25) is 0 Å². The van der Waals surface area contributed by atoms with Crippen LogP contribution in [0, 0.1) is 11.7 Å². The predicted molar refractivity (Wildman–Crippen MR) is 66.5 cm³/mol. The summed E-state index contributed by atoms with van der Waals surface area (Å²) in [4.78, 5) is 14.8. The van der Waals surface area contributed by atoms with Crippen molar-refractivity contribution in [3.05, 3.63) is 36.3 Å². The van der Waals surface area contributed by atoms with E-state index in [4.69, 9.17) is 9.84 Å². The molecule has 3 rings (SSSR count). The van der Waals surface area contributed by atoms with Gasteiger partial charge in [0.05, 0.1) is 5.92 Å². The number of ether oxygens (including phenoxy) is 1. The Labute approximate surface area is 108 Å². The van der Waals surface area contributed by atoms with Crippen LogP contribution in [0.1, 0.15) is 12.8 Å². The molecule has 1 fully saturated rings. The quantitative estimate of drug-likeness (QED) is 0.922. The van der Waals surface area contributed by atoms with Gasteiger partial charge in [-0.25, -0.2) is 4.39 Å². The van der Waals surface area contributed by atoms with E-state index >= 15 is 0 Å². The Morgan fingerprint density at radius 2 is 2.16 bits per heavy atom. The number of aromatic nitrogens is 1. The van der Waals surface area contributed by atoms with Crippen LogP contribution in [0.4, 0.5) is 4.39 Å². The maximum absolute atomic E-state index is 13.6. The molecule has 4 nitrogen and oxygen atoms in total. The molecule has 0 saturated heterocycles. The molecular weight excluding hydrogens is 249 g/mol. The van der Waals surface area contributed by atoms with Gasteiger partial charge in [-0.2, -0.15) is 0 Å². The molecule has 1 aromatic heterocycles. The van der Waals surface area contributed by atoms with Crippen LogP contribution in [0.15, 0.2) is 30.5 Å². The lowest BCUT2D eigenvalue weighted by atomic mass is 9.82. The molecule has 5 heteroatoms. The van der Waals surface area contributed by atoms with Gasteiger partial charge in [-0.15, -0.1) is 0 Å². The molecular formula is C14H12FNO3. The first-order valence-electron chi connectivity index (χ1n) is 6.08. The molecule has 0 amide bonds. The van der Waals surface area contributed by atoms with Crippen LogP contribution in [-0.2, 0) is 4.79 Å². The predicted octanol–water partition coefficient (Wildman–Crippen LogP) is 2.62. The lowest BCUT2D eigenvalue weighted by molar-refractivity contribution is -0.147. The largest absolute Gasteiger partial charge is 0.488 e. The zero-order valence-electron chi connectivity index (χ0n) is 10.0. The second-order valence-corrected chi connectivity index (χ2v) is 4.69. The van der Waals surface area contributed by atoms with E-state index in [1.807, 2.05) is 0 Å². The maximum atomic E-state index is 13.6. The fourth-order valence-electron chi connectivity index (χ4n) is 2.25. The van der Waals surface area contributed by atoms with Gasteiger partial charge < -0.3 is 9.84 Å². The fraction of sp³-hybridized carbons (Fsp3) is 0.286. The molecule has 1 aliphatic rings. The van der Waals surface area contributed by atoms with E-state index in [9.17, 15) is 9.18 Å². The summed E-state index contributed by atoms with van der Waals surface area (Å²) in [6, 6.07) is 6.19. The second kappa shape index (κ2) is 4.50. The van der Waals surface area contributed by atoms with E-state index in [0.717, 1.165) is 0 Å². The molecule has 1 aromatic carbocycles. The molecule has 0 bridgehead atoms. The Kier molecular flexibility index (Phi) is 2.81. The number of pyridine rings is 1. The fourth-order valence-corrected chi connectivity index (χ4v) is 2.25. The molecule has 1 saturated carbocycles. The minimum atomic E-state index is -0.790. The third-order valence-electron chi connectivity index (χ3n) is 3.42. The number of benzene rings is 1. The van der Waals surface area contributed by atoms with Crippen LogP contribution in [0.25, 0.3) is 10.9 Å². The topological polar surface area (TPSA) is 59.4 Å². The standard InChI is InChI=1S/C14H12FNO3/c15-11-3-4-12(13-10(11)2-1-5-16-13)19-9-6-8(7-9)14(17)18/h1-5,8-9H,6-7H2,(H,17,18). The molecule has 19 heavy (non-hydrogen) atoms. The number of aliphatic carboxylic acids is 1. The highest BCUT2D eigenvalue weighted by molar-refractivity contribution is 5.84. The number of fused-ring (bicyclic) bond motifs is 1. The number of carboxylic acid groups (broad SMARTS) is 1. The highest BCUT2D eigenvalue weighted by atomic mass is 19.1. The third kappa shape index (κ3) is 2.12. The summed E-state index contributed by atoms with van der Waals surface area (Å²) < 4.78 is 19.3. The van der Waals surface area contributed by atoms with E-state index < -0.39 is 5.97 Å². The average Bonchev–Trinajstić information content (AvgIpc) is 2.35. The van der Waals surface area contributed by atoms with Gasteiger partial charge in [0.1, 0.15) is 23.2 Å². The van der Waals surface area contributed by atoms with Crippen LogP contribution in [0.5, 0.6) is 5.75 Å². The first-order valence-corrected chi connectivity index (χ1v) is 6.08. The van der Waals surface area contributed by atoms with Gasteiger partial charge in [-0.05, 0) is 37.1 Å². The molecule has 1 N–H and O–H groups in total. The van der Waals surface area contributed by atoms with E-state index in [0.29, 0.717) is 29.5 Å². The van der Waals surface area contributed by atoms with Crippen molar-refractivity contribution in [2.75, 3.05) is 0 Å².